The third-order valence-electron chi connectivity index (χ3n) is 3.89. The summed E-state index contributed by atoms with van der Waals surface area (Å²) < 4.78 is 0. The van der Waals surface area contributed by atoms with Gasteiger partial charge in [-0.15, -0.1) is 0 Å². The molecule has 0 radical (unpaired) electrons. The van der Waals surface area contributed by atoms with Crippen LogP contribution in [0, 0.1) is 28.9 Å². The molecule has 104 valence electrons. The molecule has 0 aliphatic heterocycles. The predicted octanol–water partition coefficient (Wildman–Crippen LogP) is 4.14. The summed E-state index contributed by atoms with van der Waals surface area (Å²) in [4.78, 5) is 10.8. The van der Waals surface area contributed by atoms with Gasteiger partial charge in [-0.1, -0.05) is 19.9 Å². The molecule has 1 saturated carbocycles. The minimum Gasteiger partial charge on any atom is -0.377 e. The molecular weight excluding hydrogens is 240 g/mol. The Bertz CT molecular complexity index is 463. The van der Waals surface area contributed by atoms with Crippen LogP contribution in [0.1, 0.15) is 38.7 Å². The Morgan fingerprint density at radius 2 is 1.84 bits per heavy atom. The maximum Gasteiger partial charge on any atom is 0.292 e. The predicted molar refractivity (Wildman–Crippen MR) is 77.4 cm³/mol. The molecule has 0 bridgehead atoms. The number of benzene rings is 1. The molecule has 0 aromatic heterocycles. The number of nitro groups is 1. The molecule has 1 N–H and O–H groups in total. The first-order chi connectivity index (χ1) is 8.95. The van der Waals surface area contributed by atoms with Crippen LogP contribution in [0.3, 0.4) is 0 Å². The lowest BCUT2D eigenvalue weighted by molar-refractivity contribution is -0.384. The Morgan fingerprint density at radius 3 is 2.42 bits per heavy atom. The van der Waals surface area contributed by atoms with E-state index in [9.17, 15) is 10.1 Å². The van der Waals surface area contributed by atoms with Crippen molar-refractivity contribution in [3.63, 3.8) is 0 Å². The van der Waals surface area contributed by atoms with Crippen LogP contribution in [0.2, 0.25) is 0 Å². The molecule has 2 unspecified atom stereocenters. The van der Waals surface area contributed by atoms with Gasteiger partial charge in [0.1, 0.15) is 5.69 Å². The van der Waals surface area contributed by atoms with Gasteiger partial charge in [0.15, 0.2) is 0 Å². The fourth-order valence-electron chi connectivity index (χ4n) is 3.21. The maximum atomic E-state index is 11.1. The average molecular weight is 262 g/mol. The summed E-state index contributed by atoms with van der Waals surface area (Å²) in [5, 5.41) is 14.5. The Hall–Kier alpha value is -1.58. The number of hydrogen-bond donors (Lipinski definition) is 1. The quantitative estimate of drug-likeness (QED) is 0.658. The molecule has 0 heterocycles. The number of rotatable bonds is 3. The van der Waals surface area contributed by atoms with Crippen molar-refractivity contribution in [1.82, 2.24) is 0 Å². The van der Waals surface area contributed by atoms with Crippen LogP contribution in [-0.2, 0) is 0 Å². The number of nitrogens with zero attached hydrogens (tertiary/aromatic N) is 1. The van der Waals surface area contributed by atoms with Crippen molar-refractivity contribution >= 4 is 11.4 Å². The summed E-state index contributed by atoms with van der Waals surface area (Å²) in [6.07, 6.45) is 3.44. The van der Waals surface area contributed by atoms with Crippen LogP contribution >= 0.6 is 0 Å². The first kappa shape index (κ1) is 13.8. The van der Waals surface area contributed by atoms with Crippen molar-refractivity contribution in [2.75, 3.05) is 5.32 Å². The summed E-state index contributed by atoms with van der Waals surface area (Å²) in [5.41, 5.74) is 1.89. The van der Waals surface area contributed by atoms with Gasteiger partial charge in [-0.05, 0) is 49.7 Å². The molecule has 0 saturated heterocycles. The van der Waals surface area contributed by atoms with Gasteiger partial charge in [-0.3, -0.25) is 10.1 Å². The van der Waals surface area contributed by atoms with Crippen molar-refractivity contribution in [1.29, 1.82) is 0 Å². The summed E-state index contributed by atoms with van der Waals surface area (Å²) in [6.45, 7) is 6.48. The van der Waals surface area contributed by atoms with Gasteiger partial charge < -0.3 is 5.32 Å². The fraction of sp³-hybridized carbons (Fsp3) is 0.600. The van der Waals surface area contributed by atoms with E-state index in [1.807, 2.05) is 13.0 Å². The van der Waals surface area contributed by atoms with E-state index in [1.54, 1.807) is 12.1 Å². The third kappa shape index (κ3) is 3.46. The Balaban J connectivity index is 2.18. The summed E-state index contributed by atoms with van der Waals surface area (Å²) in [5.74, 6) is 1.37. The number of hydrogen-bond acceptors (Lipinski definition) is 3. The summed E-state index contributed by atoms with van der Waals surface area (Å²) in [6, 6.07) is 5.60. The first-order valence-electron chi connectivity index (χ1n) is 6.97. The molecule has 0 amide bonds. The molecule has 4 nitrogen and oxygen atoms in total. The standard InChI is InChI=1S/C15H22N2O2/c1-10-4-5-15(17(18)19)14(9-10)16-13-7-11(2)6-12(3)8-13/h4-5,9,11-13,16H,6-8H2,1-3H3. The zero-order chi connectivity index (χ0) is 14.0. The molecule has 1 aliphatic rings. The highest BCUT2D eigenvalue weighted by Crippen LogP contribution is 2.33. The second-order valence-corrected chi connectivity index (χ2v) is 6.04. The minimum atomic E-state index is -0.308. The van der Waals surface area contributed by atoms with E-state index in [1.165, 1.54) is 6.42 Å². The van der Waals surface area contributed by atoms with Crippen LogP contribution in [0.5, 0.6) is 0 Å². The van der Waals surface area contributed by atoms with E-state index in [-0.39, 0.29) is 10.6 Å². The topological polar surface area (TPSA) is 55.2 Å². The van der Waals surface area contributed by atoms with Crippen molar-refractivity contribution < 1.29 is 4.92 Å². The van der Waals surface area contributed by atoms with Crippen LogP contribution in [0.25, 0.3) is 0 Å². The van der Waals surface area contributed by atoms with Crippen molar-refractivity contribution in [3.8, 4) is 0 Å². The van der Waals surface area contributed by atoms with Crippen LogP contribution in [0.4, 0.5) is 11.4 Å². The van der Waals surface area contributed by atoms with E-state index in [2.05, 4.69) is 19.2 Å². The molecule has 4 heteroatoms. The van der Waals surface area contributed by atoms with Gasteiger partial charge in [-0.2, -0.15) is 0 Å². The lowest BCUT2D eigenvalue weighted by Gasteiger charge is -2.32. The maximum absolute atomic E-state index is 11.1. The second-order valence-electron chi connectivity index (χ2n) is 6.04. The Morgan fingerprint density at radius 1 is 1.21 bits per heavy atom. The normalized spacial score (nSPS) is 27.0. The molecule has 19 heavy (non-hydrogen) atoms. The highest BCUT2D eigenvalue weighted by atomic mass is 16.6. The fourth-order valence-corrected chi connectivity index (χ4v) is 3.21. The number of aryl methyl sites for hydroxylation is 1. The zero-order valence-electron chi connectivity index (χ0n) is 11.8. The van der Waals surface area contributed by atoms with Crippen molar-refractivity contribution in [2.24, 2.45) is 11.8 Å². The monoisotopic (exact) mass is 262 g/mol. The van der Waals surface area contributed by atoms with Crippen LogP contribution in [0.15, 0.2) is 18.2 Å². The van der Waals surface area contributed by atoms with Gasteiger partial charge >= 0.3 is 0 Å². The Kier molecular flexibility index (Phi) is 4.08. The lowest BCUT2D eigenvalue weighted by atomic mass is 9.80. The van der Waals surface area contributed by atoms with Gasteiger partial charge in [-0.25, -0.2) is 0 Å². The smallest absolute Gasteiger partial charge is 0.292 e. The van der Waals surface area contributed by atoms with E-state index in [0.29, 0.717) is 23.6 Å². The SMILES string of the molecule is Cc1ccc([N+](=O)[O-])c(NC2CC(C)CC(C)C2)c1. The second kappa shape index (κ2) is 5.59. The number of nitro benzene ring substituents is 1. The largest absolute Gasteiger partial charge is 0.377 e. The molecule has 2 atom stereocenters. The van der Waals surface area contributed by atoms with Gasteiger partial charge in [0.05, 0.1) is 4.92 Å². The van der Waals surface area contributed by atoms with E-state index < -0.39 is 0 Å². The van der Waals surface area contributed by atoms with E-state index in [4.69, 9.17) is 0 Å². The van der Waals surface area contributed by atoms with Crippen molar-refractivity contribution in [3.05, 3.63) is 33.9 Å². The highest BCUT2D eigenvalue weighted by Gasteiger charge is 2.25. The molecule has 1 fully saturated rings. The summed E-state index contributed by atoms with van der Waals surface area (Å²) >= 11 is 0. The minimum absolute atomic E-state index is 0.177. The van der Waals surface area contributed by atoms with E-state index >= 15 is 0 Å². The third-order valence-corrected chi connectivity index (χ3v) is 3.89. The van der Waals surface area contributed by atoms with Gasteiger partial charge in [0.25, 0.3) is 5.69 Å². The lowest BCUT2D eigenvalue weighted by Crippen LogP contribution is -2.30. The summed E-state index contributed by atoms with van der Waals surface area (Å²) in [7, 11) is 0. The van der Waals surface area contributed by atoms with Gasteiger partial charge in [0.2, 0.25) is 0 Å². The van der Waals surface area contributed by atoms with Crippen molar-refractivity contribution in [2.45, 2.75) is 46.1 Å². The average Bonchev–Trinajstić information content (AvgIpc) is 2.26. The zero-order valence-corrected chi connectivity index (χ0v) is 11.8. The Labute approximate surface area is 114 Å². The molecule has 1 aliphatic carbocycles. The van der Waals surface area contributed by atoms with Crippen LogP contribution < -0.4 is 5.32 Å². The highest BCUT2D eigenvalue weighted by molar-refractivity contribution is 5.63. The van der Waals surface area contributed by atoms with Gasteiger partial charge in [0, 0.05) is 12.1 Å². The number of nitrogens with one attached hydrogen (secondary N) is 1. The van der Waals surface area contributed by atoms with Crippen LogP contribution in [-0.4, -0.2) is 11.0 Å². The molecular formula is C15H22N2O2. The molecule has 1 aromatic rings. The van der Waals surface area contributed by atoms with E-state index in [0.717, 1.165) is 18.4 Å². The first-order valence-corrected chi connectivity index (χ1v) is 6.97. The molecule has 1 aromatic carbocycles. The molecule has 2 rings (SSSR count). The molecule has 0 spiro atoms. The number of anilines is 1.